The molecule has 0 unspecified atom stereocenters. The molecule has 1 heterocycles. The molecule has 1 atom stereocenters. The molecule has 0 fully saturated rings. The first kappa shape index (κ1) is 19.7. The average molecular weight is 356 g/mol. The molecule has 0 aliphatic carbocycles. The zero-order valence-electron chi connectivity index (χ0n) is 15.7. The zero-order chi connectivity index (χ0) is 18.9. The second-order valence-electron chi connectivity index (χ2n) is 6.72. The van der Waals surface area contributed by atoms with Crippen molar-refractivity contribution in [2.45, 2.75) is 58.5 Å². The highest BCUT2D eigenvalue weighted by Gasteiger charge is 2.14. The summed E-state index contributed by atoms with van der Waals surface area (Å²) in [5.74, 6) is 0.0726. The maximum absolute atomic E-state index is 12.2. The number of rotatable bonds is 9. The molecule has 6 heteroatoms. The molecule has 2 rings (SSSR count). The van der Waals surface area contributed by atoms with Crippen molar-refractivity contribution in [3.05, 3.63) is 48.5 Å². The monoisotopic (exact) mass is 356 g/mol. The van der Waals surface area contributed by atoms with Gasteiger partial charge in [0.2, 0.25) is 11.8 Å². The van der Waals surface area contributed by atoms with Crippen LogP contribution in [-0.2, 0) is 16.1 Å². The van der Waals surface area contributed by atoms with Crippen molar-refractivity contribution in [1.29, 1.82) is 0 Å². The number of hydrogen-bond donors (Lipinski definition) is 2. The second kappa shape index (κ2) is 9.75. The number of hydrogen-bond acceptors (Lipinski definition) is 3. The number of carbonyl (C=O) groups excluding carboxylic acids is 2. The molecule has 140 valence electrons. The third-order valence-corrected chi connectivity index (χ3v) is 4.28. The normalized spacial score (nSPS) is 12.0. The molecule has 26 heavy (non-hydrogen) atoms. The van der Waals surface area contributed by atoms with Crippen LogP contribution in [0.25, 0.3) is 0 Å². The van der Waals surface area contributed by atoms with E-state index in [0.29, 0.717) is 12.5 Å². The number of carbonyl (C=O) groups is 2. The van der Waals surface area contributed by atoms with Crippen LogP contribution in [0.5, 0.6) is 0 Å². The highest BCUT2D eigenvalue weighted by atomic mass is 16.2. The van der Waals surface area contributed by atoms with Crippen molar-refractivity contribution in [1.82, 2.24) is 14.9 Å². The highest BCUT2D eigenvalue weighted by Crippen LogP contribution is 2.23. The molecular formula is C20H28N4O2. The SMILES string of the molecule is CC[C@@H](Cn1ccnc1)NC(=O)CCC(=O)Nc1ccccc1C(C)C. The van der Waals surface area contributed by atoms with E-state index < -0.39 is 0 Å². The van der Waals surface area contributed by atoms with E-state index in [-0.39, 0.29) is 30.7 Å². The predicted octanol–water partition coefficient (Wildman–Crippen LogP) is 3.32. The smallest absolute Gasteiger partial charge is 0.224 e. The number of aromatic nitrogens is 2. The maximum Gasteiger partial charge on any atom is 0.224 e. The lowest BCUT2D eigenvalue weighted by molar-refractivity contribution is -0.125. The van der Waals surface area contributed by atoms with Crippen LogP contribution in [-0.4, -0.2) is 27.4 Å². The van der Waals surface area contributed by atoms with E-state index in [9.17, 15) is 9.59 Å². The van der Waals surface area contributed by atoms with Gasteiger partial charge in [0, 0.05) is 43.5 Å². The Morgan fingerprint density at radius 2 is 1.88 bits per heavy atom. The van der Waals surface area contributed by atoms with Gasteiger partial charge in [-0.05, 0) is 24.0 Å². The molecule has 0 aliphatic rings. The van der Waals surface area contributed by atoms with Gasteiger partial charge in [-0.15, -0.1) is 0 Å². The Labute approximate surface area is 155 Å². The molecular weight excluding hydrogens is 328 g/mol. The molecule has 2 N–H and O–H groups in total. The fraction of sp³-hybridized carbons (Fsp3) is 0.450. The molecule has 2 aromatic rings. The van der Waals surface area contributed by atoms with Crippen LogP contribution in [0.15, 0.2) is 43.0 Å². The number of para-hydroxylation sites is 1. The summed E-state index contributed by atoms with van der Waals surface area (Å²) in [6.45, 7) is 6.88. The van der Waals surface area contributed by atoms with Crippen molar-refractivity contribution in [3.63, 3.8) is 0 Å². The van der Waals surface area contributed by atoms with E-state index in [1.807, 2.05) is 42.0 Å². The largest absolute Gasteiger partial charge is 0.352 e. The first-order valence-corrected chi connectivity index (χ1v) is 9.13. The summed E-state index contributed by atoms with van der Waals surface area (Å²) in [6.07, 6.45) is 6.48. The third-order valence-electron chi connectivity index (χ3n) is 4.28. The Morgan fingerprint density at radius 1 is 1.15 bits per heavy atom. The van der Waals surface area contributed by atoms with Crippen LogP contribution in [0.1, 0.15) is 51.5 Å². The number of benzene rings is 1. The van der Waals surface area contributed by atoms with E-state index in [1.165, 1.54) is 0 Å². The van der Waals surface area contributed by atoms with Crippen LogP contribution in [0.2, 0.25) is 0 Å². The minimum absolute atomic E-state index is 0.0291. The third kappa shape index (κ3) is 6.02. The Kier molecular flexibility index (Phi) is 7.38. The number of amides is 2. The van der Waals surface area contributed by atoms with Crippen LogP contribution in [0.4, 0.5) is 5.69 Å². The fourth-order valence-corrected chi connectivity index (χ4v) is 2.78. The molecule has 0 bridgehead atoms. The minimum Gasteiger partial charge on any atom is -0.352 e. The van der Waals surface area contributed by atoms with E-state index in [2.05, 4.69) is 29.5 Å². The Bertz CT molecular complexity index is 710. The summed E-state index contributed by atoms with van der Waals surface area (Å²) < 4.78 is 1.93. The van der Waals surface area contributed by atoms with Gasteiger partial charge in [-0.3, -0.25) is 9.59 Å². The quantitative estimate of drug-likeness (QED) is 0.724. The average Bonchev–Trinajstić information content (AvgIpc) is 3.12. The molecule has 1 aromatic heterocycles. The second-order valence-corrected chi connectivity index (χ2v) is 6.72. The van der Waals surface area contributed by atoms with Gasteiger partial charge in [-0.25, -0.2) is 4.98 Å². The molecule has 2 amide bonds. The number of imidazole rings is 1. The summed E-state index contributed by atoms with van der Waals surface area (Å²) in [7, 11) is 0. The van der Waals surface area contributed by atoms with E-state index in [4.69, 9.17) is 0 Å². The van der Waals surface area contributed by atoms with Crippen LogP contribution in [0.3, 0.4) is 0 Å². The Balaban J connectivity index is 1.80. The van der Waals surface area contributed by atoms with Gasteiger partial charge in [0.1, 0.15) is 0 Å². The van der Waals surface area contributed by atoms with Gasteiger partial charge in [0.15, 0.2) is 0 Å². The lowest BCUT2D eigenvalue weighted by atomic mass is 10.0. The lowest BCUT2D eigenvalue weighted by Crippen LogP contribution is -2.37. The summed E-state index contributed by atoms with van der Waals surface area (Å²) >= 11 is 0. The van der Waals surface area contributed by atoms with Gasteiger partial charge in [0.05, 0.1) is 6.33 Å². The molecule has 0 spiro atoms. The van der Waals surface area contributed by atoms with E-state index in [0.717, 1.165) is 17.7 Å². The zero-order valence-corrected chi connectivity index (χ0v) is 15.7. The molecule has 1 aromatic carbocycles. The number of nitrogens with one attached hydrogen (secondary N) is 2. The maximum atomic E-state index is 12.2. The summed E-state index contributed by atoms with van der Waals surface area (Å²) in [6, 6.07) is 7.79. The van der Waals surface area contributed by atoms with Gasteiger partial charge in [0.25, 0.3) is 0 Å². The Morgan fingerprint density at radius 3 is 2.54 bits per heavy atom. The molecule has 0 saturated carbocycles. The lowest BCUT2D eigenvalue weighted by Gasteiger charge is -2.17. The van der Waals surface area contributed by atoms with E-state index >= 15 is 0 Å². The van der Waals surface area contributed by atoms with Crippen LogP contribution < -0.4 is 10.6 Å². The summed E-state index contributed by atoms with van der Waals surface area (Å²) in [4.78, 5) is 28.4. The van der Waals surface area contributed by atoms with E-state index in [1.54, 1.807) is 12.5 Å². The van der Waals surface area contributed by atoms with Gasteiger partial charge < -0.3 is 15.2 Å². The van der Waals surface area contributed by atoms with Gasteiger partial charge in [-0.2, -0.15) is 0 Å². The molecule has 0 aliphatic heterocycles. The topological polar surface area (TPSA) is 76.0 Å². The summed E-state index contributed by atoms with van der Waals surface area (Å²) in [5, 5.41) is 5.91. The van der Waals surface area contributed by atoms with Crippen molar-refractivity contribution in [2.24, 2.45) is 0 Å². The first-order chi connectivity index (χ1) is 12.5. The molecule has 6 nitrogen and oxygen atoms in total. The van der Waals surface area contributed by atoms with Gasteiger partial charge in [-0.1, -0.05) is 39.0 Å². The predicted molar refractivity (Wildman–Crippen MR) is 103 cm³/mol. The van der Waals surface area contributed by atoms with Crippen molar-refractivity contribution in [3.8, 4) is 0 Å². The summed E-state index contributed by atoms with van der Waals surface area (Å²) in [5.41, 5.74) is 1.91. The highest BCUT2D eigenvalue weighted by molar-refractivity contribution is 5.93. The number of anilines is 1. The van der Waals surface area contributed by atoms with Gasteiger partial charge >= 0.3 is 0 Å². The van der Waals surface area contributed by atoms with Crippen LogP contribution >= 0.6 is 0 Å². The standard InChI is InChI=1S/C20H28N4O2/c1-4-16(13-24-12-11-21-14-24)22-19(25)9-10-20(26)23-18-8-6-5-7-17(18)15(2)3/h5-8,11-12,14-16H,4,9-10,13H2,1-3H3,(H,22,25)(H,23,26)/t16-/m0/s1. The van der Waals surface area contributed by atoms with Crippen molar-refractivity contribution in [2.75, 3.05) is 5.32 Å². The number of nitrogens with zero attached hydrogens (tertiary/aromatic N) is 2. The Hall–Kier alpha value is -2.63. The fourth-order valence-electron chi connectivity index (χ4n) is 2.78. The minimum atomic E-state index is -0.143. The van der Waals surface area contributed by atoms with Crippen LogP contribution in [0, 0.1) is 0 Å². The first-order valence-electron chi connectivity index (χ1n) is 9.13. The van der Waals surface area contributed by atoms with Crippen molar-refractivity contribution >= 4 is 17.5 Å². The molecule has 0 saturated heterocycles. The van der Waals surface area contributed by atoms with Crippen molar-refractivity contribution < 1.29 is 9.59 Å². The molecule has 0 radical (unpaired) electrons.